The van der Waals surface area contributed by atoms with Gasteiger partial charge in [-0.2, -0.15) is 0 Å². The van der Waals surface area contributed by atoms with Gasteiger partial charge in [-0.05, 0) is 29.8 Å². The molecule has 3 atom stereocenters. The molecule has 3 N–H and O–H groups in total. The number of rotatable bonds is 10. The van der Waals surface area contributed by atoms with Crippen molar-refractivity contribution in [3.63, 3.8) is 0 Å². The first-order chi connectivity index (χ1) is 24.0. The number of carbonyl (C=O) groups is 3. The number of allylic oxidation sites excluding steroid dienone is 1. The van der Waals surface area contributed by atoms with Gasteiger partial charge in [-0.25, -0.2) is 4.98 Å². The Morgan fingerprint density at radius 2 is 1.78 bits per heavy atom. The van der Waals surface area contributed by atoms with Crippen LogP contribution >= 0.6 is 11.6 Å². The van der Waals surface area contributed by atoms with Crippen molar-refractivity contribution in [1.82, 2.24) is 14.9 Å². The standard InChI is InChI=1S/C36H34ClN3O10/c1-18-13-24(42)29(33(44)36(18)34(45)30-26(48-3)16-27(49-4)31(37)32(30)50-36)21(19-9-10-23(41)25(14-19)47-2)15-28(43)38-11-12-40-17-39-22-8-6-5-7-20(22)35(40)46/h5-10,14,16-18,21,41,44H,11-13,15H2,1-4H3,(H,38,43)/t18-,21?,36+/m1/s1. The normalized spacial score (nSPS) is 18.9. The molecular formula is C36H34ClN3O10. The summed E-state index contributed by atoms with van der Waals surface area (Å²) in [5.74, 6) is -4.30. The van der Waals surface area contributed by atoms with E-state index in [1.165, 1.54) is 56.5 Å². The Morgan fingerprint density at radius 3 is 2.50 bits per heavy atom. The Hall–Kier alpha value is -5.56. The van der Waals surface area contributed by atoms with Gasteiger partial charge in [-0.15, -0.1) is 0 Å². The third kappa shape index (κ3) is 5.56. The van der Waals surface area contributed by atoms with Crippen molar-refractivity contribution in [3.05, 3.63) is 92.7 Å². The van der Waals surface area contributed by atoms with Crippen LogP contribution in [0.4, 0.5) is 0 Å². The number of hydrogen-bond acceptors (Lipinski definition) is 11. The number of Topliss-reactive ketones (excluding diaryl/α,β-unsaturated/α-hetero) is 2. The topological polar surface area (TPSA) is 176 Å². The summed E-state index contributed by atoms with van der Waals surface area (Å²) < 4.78 is 23.8. The molecule has 3 aromatic carbocycles. The number of ketones is 2. The molecule has 1 aromatic heterocycles. The molecule has 1 aliphatic heterocycles. The number of carbonyl (C=O) groups excluding carboxylic acids is 3. The quantitative estimate of drug-likeness (QED) is 0.212. The van der Waals surface area contributed by atoms with Crippen LogP contribution in [-0.2, 0) is 16.1 Å². The van der Waals surface area contributed by atoms with E-state index in [-0.39, 0.29) is 76.4 Å². The number of aliphatic hydroxyl groups excluding tert-OH is 1. The highest BCUT2D eigenvalue weighted by atomic mass is 35.5. The summed E-state index contributed by atoms with van der Waals surface area (Å²) in [7, 11) is 4.09. The molecule has 0 fully saturated rings. The van der Waals surface area contributed by atoms with Crippen LogP contribution in [0.5, 0.6) is 28.7 Å². The Labute approximate surface area is 291 Å². The lowest BCUT2D eigenvalue weighted by Crippen LogP contribution is -2.53. The zero-order chi connectivity index (χ0) is 35.9. The maximum absolute atomic E-state index is 14.3. The second-order valence-electron chi connectivity index (χ2n) is 12.1. The SMILES string of the molecule is COc1cc(C(CC(=O)NCCn2cnc3ccccc3c2=O)C2=C(O)[C@@]3(Oc4c(Cl)c(OC)cc(OC)c4C3=O)[C@H](C)CC2=O)ccc1O. The van der Waals surface area contributed by atoms with Crippen LogP contribution < -0.4 is 29.8 Å². The van der Waals surface area contributed by atoms with Crippen molar-refractivity contribution >= 4 is 40.0 Å². The summed E-state index contributed by atoms with van der Waals surface area (Å²) >= 11 is 6.58. The van der Waals surface area contributed by atoms with E-state index in [1.807, 2.05) is 0 Å². The van der Waals surface area contributed by atoms with E-state index >= 15 is 0 Å². The summed E-state index contributed by atoms with van der Waals surface area (Å²) in [6.45, 7) is 1.75. The number of para-hydroxylation sites is 1. The van der Waals surface area contributed by atoms with Crippen molar-refractivity contribution < 1.29 is 43.5 Å². The number of nitrogens with one attached hydrogen (secondary N) is 1. The highest BCUT2D eigenvalue weighted by Gasteiger charge is 2.61. The number of amides is 1. The summed E-state index contributed by atoms with van der Waals surface area (Å²) in [6.07, 6.45) is 0.814. The minimum absolute atomic E-state index is 0.0214. The van der Waals surface area contributed by atoms with Gasteiger partial charge in [0.1, 0.15) is 22.1 Å². The number of halogens is 1. The molecule has 1 spiro atoms. The molecule has 0 saturated heterocycles. The van der Waals surface area contributed by atoms with Crippen molar-refractivity contribution in [2.24, 2.45) is 5.92 Å². The molecule has 0 saturated carbocycles. The lowest BCUT2D eigenvalue weighted by atomic mass is 9.69. The highest BCUT2D eigenvalue weighted by molar-refractivity contribution is 6.35. The molecule has 1 amide bonds. The monoisotopic (exact) mass is 703 g/mol. The average molecular weight is 704 g/mol. The summed E-state index contributed by atoms with van der Waals surface area (Å²) in [5, 5.41) is 25.6. The van der Waals surface area contributed by atoms with Crippen LogP contribution in [0.2, 0.25) is 5.02 Å². The molecule has 260 valence electrons. The third-order valence-electron chi connectivity index (χ3n) is 9.26. The lowest BCUT2D eigenvalue weighted by molar-refractivity contribution is -0.121. The van der Waals surface area contributed by atoms with Gasteiger partial charge in [-0.3, -0.25) is 23.7 Å². The van der Waals surface area contributed by atoms with E-state index < -0.39 is 40.7 Å². The van der Waals surface area contributed by atoms with Crippen molar-refractivity contribution in [2.45, 2.75) is 37.8 Å². The number of phenols is 1. The van der Waals surface area contributed by atoms with Gasteiger partial charge in [0.25, 0.3) is 5.56 Å². The van der Waals surface area contributed by atoms with Gasteiger partial charge >= 0.3 is 0 Å². The minimum Gasteiger partial charge on any atom is -0.507 e. The Morgan fingerprint density at radius 1 is 1.06 bits per heavy atom. The molecule has 4 aromatic rings. The number of fused-ring (bicyclic) bond motifs is 2. The van der Waals surface area contributed by atoms with Gasteiger partial charge in [0.05, 0.1) is 38.6 Å². The summed E-state index contributed by atoms with van der Waals surface area (Å²) in [6, 6.07) is 12.6. The average Bonchev–Trinajstić information content (AvgIpc) is 3.43. The van der Waals surface area contributed by atoms with E-state index in [4.69, 9.17) is 30.5 Å². The molecule has 13 nitrogen and oxygen atoms in total. The second-order valence-corrected chi connectivity index (χ2v) is 12.4. The fourth-order valence-electron chi connectivity index (χ4n) is 6.67. The first-order valence-electron chi connectivity index (χ1n) is 15.7. The molecule has 1 unspecified atom stereocenters. The van der Waals surface area contributed by atoms with Gasteiger partial charge in [0, 0.05) is 49.4 Å². The Balaban J connectivity index is 1.38. The molecule has 14 heteroatoms. The molecule has 0 bridgehead atoms. The highest BCUT2D eigenvalue weighted by Crippen LogP contribution is 2.56. The molecule has 1 aliphatic carbocycles. The number of aromatic nitrogens is 2. The largest absolute Gasteiger partial charge is 0.507 e. The van der Waals surface area contributed by atoms with Crippen LogP contribution in [0, 0.1) is 5.92 Å². The smallest absolute Gasteiger partial charge is 0.261 e. The van der Waals surface area contributed by atoms with E-state index in [0.717, 1.165) is 0 Å². The van der Waals surface area contributed by atoms with Gasteiger partial charge < -0.3 is 34.5 Å². The van der Waals surface area contributed by atoms with Crippen LogP contribution in [-0.4, -0.2) is 70.7 Å². The van der Waals surface area contributed by atoms with Crippen molar-refractivity contribution in [3.8, 4) is 28.7 Å². The first kappa shape index (κ1) is 34.3. The number of methoxy groups -OCH3 is 3. The first-order valence-corrected chi connectivity index (χ1v) is 16.1. The zero-order valence-corrected chi connectivity index (χ0v) is 28.4. The van der Waals surface area contributed by atoms with E-state index in [0.29, 0.717) is 16.5 Å². The Bertz CT molecular complexity index is 2140. The van der Waals surface area contributed by atoms with Crippen LogP contribution in [0.3, 0.4) is 0 Å². The fraction of sp³-hybridized carbons (Fsp3) is 0.306. The van der Waals surface area contributed by atoms with Crippen LogP contribution in [0.25, 0.3) is 10.9 Å². The van der Waals surface area contributed by atoms with E-state index in [9.17, 15) is 29.4 Å². The molecule has 0 radical (unpaired) electrons. The molecule has 2 aliphatic rings. The van der Waals surface area contributed by atoms with Gasteiger partial charge in [0.2, 0.25) is 17.3 Å². The van der Waals surface area contributed by atoms with Crippen LogP contribution in [0.1, 0.15) is 41.6 Å². The zero-order valence-electron chi connectivity index (χ0n) is 27.6. The number of ether oxygens (including phenoxy) is 4. The number of benzene rings is 3. The second kappa shape index (κ2) is 13.4. The molecule has 50 heavy (non-hydrogen) atoms. The van der Waals surface area contributed by atoms with E-state index in [2.05, 4.69) is 10.3 Å². The molecular weight excluding hydrogens is 670 g/mol. The summed E-state index contributed by atoms with van der Waals surface area (Å²) in [4.78, 5) is 59.0. The van der Waals surface area contributed by atoms with E-state index in [1.54, 1.807) is 31.2 Å². The van der Waals surface area contributed by atoms with Crippen LogP contribution in [0.15, 0.2) is 71.0 Å². The predicted molar refractivity (Wildman–Crippen MR) is 182 cm³/mol. The number of phenolic OH excluding ortho intramolecular Hbond substituents is 1. The van der Waals surface area contributed by atoms with Crippen molar-refractivity contribution in [1.29, 1.82) is 0 Å². The third-order valence-corrected chi connectivity index (χ3v) is 9.62. The van der Waals surface area contributed by atoms with Gasteiger partial charge in [-0.1, -0.05) is 36.7 Å². The Kier molecular flexibility index (Phi) is 9.19. The maximum atomic E-state index is 14.3. The fourth-order valence-corrected chi connectivity index (χ4v) is 6.94. The minimum atomic E-state index is -2.07. The maximum Gasteiger partial charge on any atom is 0.261 e. The number of nitrogens with zero attached hydrogens (tertiary/aromatic N) is 2. The van der Waals surface area contributed by atoms with Crippen molar-refractivity contribution in [2.75, 3.05) is 27.9 Å². The van der Waals surface area contributed by atoms with Gasteiger partial charge in [0.15, 0.2) is 28.8 Å². The number of hydrogen-bond donors (Lipinski definition) is 3. The number of aliphatic hydroxyl groups is 1. The lowest BCUT2D eigenvalue weighted by Gasteiger charge is -2.38. The molecule has 2 heterocycles. The number of aromatic hydroxyl groups is 1. The summed E-state index contributed by atoms with van der Waals surface area (Å²) in [5.41, 5.74) is -1.69. The predicted octanol–water partition coefficient (Wildman–Crippen LogP) is 4.51. The molecule has 6 rings (SSSR count).